The van der Waals surface area contributed by atoms with Crippen molar-refractivity contribution in [3.05, 3.63) is 48.3 Å². The maximum Gasteiger partial charge on any atom is 0.411 e. The Balaban J connectivity index is 2.11. The van der Waals surface area contributed by atoms with Gasteiger partial charge in [-0.2, -0.15) is 0 Å². The molecule has 0 aliphatic heterocycles. The van der Waals surface area contributed by atoms with E-state index < -0.39 is 11.9 Å². The van der Waals surface area contributed by atoms with Crippen molar-refractivity contribution < 1.29 is 23.4 Å². The molecular weight excluding hydrogens is 277 g/mol. The van der Waals surface area contributed by atoms with Crippen LogP contribution >= 0.6 is 0 Å². The molecule has 0 bridgehead atoms. The summed E-state index contributed by atoms with van der Waals surface area (Å²) in [6.07, 6.45) is -0.668. The fourth-order valence-electron chi connectivity index (χ4n) is 1.60. The van der Waals surface area contributed by atoms with Gasteiger partial charge in [0.1, 0.15) is 11.5 Å². The van der Waals surface area contributed by atoms with Gasteiger partial charge in [0.25, 0.3) is 0 Å². The van der Waals surface area contributed by atoms with E-state index in [9.17, 15) is 9.18 Å². The third kappa shape index (κ3) is 3.85. The second kappa shape index (κ2) is 6.60. The molecule has 0 spiro atoms. The molecule has 110 valence electrons. The SMILES string of the molecule is COC(=O)Nc1ccc(Oc2ccc(OC)cc2)c(F)c1. The zero-order valence-corrected chi connectivity index (χ0v) is 11.6. The summed E-state index contributed by atoms with van der Waals surface area (Å²) in [5, 5.41) is 2.37. The van der Waals surface area contributed by atoms with Gasteiger partial charge in [-0.1, -0.05) is 0 Å². The highest BCUT2D eigenvalue weighted by atomic mass is 19.1. The van der Waals surface area contributed by atoms with E-state index in [4.69, 9.17) is 9.47 Å². The molecule has 21 heavy (non-hydrogen) atoms. The number of nitrogens with one attached hydrogen (secondary N) is 1. The molecule has 0 saturated heterocycles. The number of carbonyl (C=O) groups excluding carboxylic acids is 1. The number of hydrogen-bond donors (Lipinski definition) is 1. The van der Waals surface area contributed by atoms with Crippen molar-refractivity contribution in [1.82, 2.24) is 0 Å². The molecule has 2 aromatic rings. The smallest absolute Gasteiger partial charge is 0.411 e. The maximum atomic E-state index is 13.9. The molecule has 0 aliphatic carbocycles. The highest BCUT2D eigenvalue weighted by Gasteiger charge is 2.08. The lowest BCUT2D eigenvalue weighted by atomic mass is 10.3. The molecule has 2 rings (SSSR count). The molecule has 6 heteroatoms. The second-order valence-electron chi connectivity index (χ2n) is 4.04. The van der Waals surface area contributed by atoms with Crippen molar-refractivity contribution in [2.24, 2.45) is 0 Å². The molecule has 0 atom stereocenters. The van der Waals surface area contributed by atoms with Crippen molar-refractivity contribution in [2.45, 2.75) is 0 Å². The van der Waals surface area contributed by atoms with Crippen molar-refractivity contribution in [2.75, 3.05) is 19.5 Å². The summed E-state index contributed by atoms with van der Waals surface area (Å²) in [5.41, 5.74) is 0.279. The standard InChI is InChI=1S/C15H14FNO4/c1-19-11-4-6-12(7-5-11)21-14-8-3-10(9-13(14)16)17-15(18)20-2/h3-9H,1-2H3,(H,17,18). The maximum absolute atomic E-state index is 13.9. The van der Waals surface area contributed by atoms with E-state index in [1.807, 2.05) is 0 Å². The quantitative estimate of drug-likeness (QED) is 0.930. The lowest BCUT2D eigenvalue weighted by Gasteiger charge is -2.09. The minimum Gasteiger partial charge on any atom is -0.497 e. The number of methoxy groups -OCH3 is 2. The van der Waals surface area contributed by atoms with Gasteiger partial charge in [0.15, 0.2) is 11.6 Å². The topological polar surface area (TPSA) is 56.8 Å². The summed E-state index contributed by atoms with van der Waals surface area (Å²) in [4.78, 5) is 11.0. The number of ether oxygens (including phenoxy) is 3. The van der Waals surface area contributed by atoms with E-state index in [0.29, 0.717) is 11.5 Å². The molecule has 1 amide bonds. The average molecular weight is 291 g/mol. The number of halogens is 1. The number of hydrogen-bond acceptors (Lipinski definition) is 4. The third-order valence-corrected chi connectivity index (χ3v) is 2.65. The molecule has 0 aliphatic rings. The third-order valence-electron chi connectivity index (χ3n) is 2.65. The van der Waals surface area contributed by atoms with Gasteiger partial charge in [-0.3, -0.25) is 5.32 Å². The van der Waals surface area contributed by atoms with E-state index in [-0.39, 0.29) is 11.4 Å². The molecule has 5 nitrogen and oxygen atoms in total. The Labute approximate surface area is 121 Å². The lowest BCUT2D eigenvalue weighted by Crippen LogP contribution is -2.10. The Morgan fingerprint density at radius 1 is 1.05 bits per heavy atom. The van der Waals surface area contributed by atoms with Crippen LogP contribution in [0.5, 0.6) is 17.2 Å². The first-order valence-electron chi connectivity index (χ1n) is 6.09. The first-order chi connectivity index (χ1) is 10.1. The molecule has 0 unspecified atom stereocenters. The predicted octanol–water partition coefficient (Wildman–Crippen LogP) is 3.80. The van der Waals surface area contributed by atoms with Gasteiger partial charge in [0, 0.05) is 11.8 Å². The van der Waals surface area contributed by atoms with E-state index in [1.54, 1.807) is 31.4 Å². The molecular formula is C15H14FNO4. The summed E-state index contributed by atoms with van der Waals surface area (Å²) in [5.74, 6) is 0.610. The van der Waals surface area contributed by atoms with Crippen molar-refractivity contribution in [1.29, 1.82) is 0 Å². The molecule has 1 N–H and O–H groups in total. The van der Waals surface area contributed by atoms with Crippen LogP contribution < -0.4 is 14.8 Å². The van der Waals surface area contributed by atoms with Crippen molar-refractivity contribution in [3.63, 3.8) is 0 Å². The van der Waals surface area contributed by atoms with Crippen LogP contribution in [0.4, 0.5) is 14.9 Å². The first-order valence-corrected chi connectivity index (χ1v) is 6.09. The Hall–Kier alpha value is -2.76. The van der Waals surface area contributed by atoms with E-state index in [0.717, 1.165) is 6.07 Å². The van der Waals surface area contributed by atoms with E-state index in [2.05, 4.69) is 10.1 Å². The Bertz CT molecular complexity index is 628. The van der Waals surface area contributed by atoms with Crippen LogP contribution in [0, 0.1) is 5.82 Å². The fraction of sp³-hybridized carbons (Fsp3) is 0.133. The summed E-state index contributed by atoms with van der Waals surface area (Å²) in [7, 11) is 2.79. The van der Waals surface area contributed by atoms with Crippen LogP contribution in [0.1, 0.15) is 0 Å². The van der Waals surface area contributed by atoms with Crippen molar-refractivity contribution in [3.8, 4) is 17.2 Å². The summed E-state index contributed by atoms with van der Waals surface area (Å²) in [6.45, 7) is 0. The minimum absolute atomic E-state index is 0.0515. The van der Waals surface area contributed by atoms with Crippen molar-refractivity contribution >= 4 is 11.8 Å². The Kier molecular flexibility index (Phi) is 4.61. The van der Waals surface area contributed by atoms with Gasteiger partial charge in [0.05, 0.1) is 14.2 Å². The van der Waals surface area contributed by atoms with E-state index >= 15 is 0 Å². The summed E-state index contributed by atoms with van der Waals surface area (Å²) >= 11 is 0. The monoisotopic (exact) mass is 291 g/mol. The van der Waals surface area contributed by atoms with Crippen LogP contribution in [-0.2, 0) is 4.74 Å². The van der Waals surface area contributed by atoms with Gasteiger partial charge >= 0.3 is 6.09 Å². The zero-order valence-electron chi connectivity index (χ0n) is 11.6. The number of rotatable bonds is 4. The van der Waals surface area contributed by atoms with Gasteiger partial charge in [-0.15, -0.1) is 0 Å². The van der Waals surface area contributed by atoms with Gasteiger partial charge in [-0.05, 0) is 36.4 Å². The van der Waals surface area contributed by atoms with Crippen LogP contribution in [0.15, 0.2) is 42.5 Å². The fourth-order valence-corrected chi connectivity index (χ4v) is 1.60. The largest absolute Gasteiger partial charge is 0.497 e. The Morgan fingerprint density at radius 3 is 2.29 bits per heavy atom. The second-order valence-corrected chi connectivity index (χ2v) is 4.04. The normalized spacial score (nSPS) is 9.86. The number of carbonyl (C=O) groups is 1. The minimum atomic E-state index is -0.668. The molecule has 0 aromatic heterocycles. The average Bonchev–Trinajstić information content (AvgIpc) is 2.50. The lowest BCUT2D eigenvalue weighted by molar-refractivity contribution is 0.187. The summed E-state index contributed by atoms with van der Waals surface area (Å²) < 4.78 is 28.8. The first kappa shape index (κ1) is 14.6. The molecule has 0 radical (unpaired) electrons. The predicted molar refractivity (Wildman–Crippen MR) is 75.5 cm³/mol. The Morgan fingerprint density at radius 2 is 1.71 bits per heavy atom. The van der Waals surface area contributed by atoms with Gasteiger partial charge < -0.3 is 14.2 Å². The highest BCUT2D eigenvalue weighted by molar-refractivity contribution is 5.84. The number of amides is 1. The molecule has 0 fully saturated rings. The zero-order chi connectivity index (χ0) is 15.2. The van der Waals surface area contributed by atoms with Crippen LogP contribution in [0.3, 0.4) is 0 Å². The molecule has 0 saturated carbocycles. The van der Waals surface area contributed by atoms with E-state index in [1.165, 1.54) is 19.2 Å². The molecule has 0 heterocycles. The van der Waals surface area contributed by atoms with Crippen LogP contribution in [0.2, 0.25) is 0 Å². The van der Waals surface area contributed by atoms with Crippen LogP contribution in [0.25, 0.3) is 0 Å². The van der Waals surface area contributed by atoms with Gasteiger partial charge in [-0.25, -0.2) is 9.18 Å². The molecule has 2 aromatic carbocycles. The number of benzene rings is 2. The van der Waals surface area contributed by atoms with Gasteiger partial charge in [0.2, 0.25) is 0 Å². The number of anilines is 1. The summed E-state index contributed by atoms with van der Waals surface area (Å²) in [6, 6.07) is 10.8. The van der Waals surface area contributed by atoms with Crippen LogP contribution in [-0.4, -0.2) is 20.3 Å². The highest BCUT2D eigenvalue weighted by Crippen LogP contribution is 2.27.